The number of hydrogen-bond donors (Lipinski definition) is 1. The molecule has 1 aliphatic heterocycles. The Hall–Kier alpha value is -2.57. The molecule has 1 aliphatic rings. The van der Waals surface area contributed by atoms with Gasteiger partial charge in [-0.15, -0.1) is 10.2 Å². The molecule has 2 aromatic rings. The van der Waals surface area contributed by atoms with Crippen molar-refractivity contribution in [3.05, 3.63) is 42.5 Å². The number of para-hydroxylation sites is 1. The predicted octanol–water partition coefficient (Wildman–Crippen LogP) is 2.11. The van der Waals surface area contributed by atoms with Crippen LogP contribution in [0.5, 0.6) is 0 Å². The molecule has 2 heterocycles. The number of nitrogens with zero attached hydrogens (tertiary/aromatic N) is 5. The largest absolute Gasteiger partial charge is 0.369 e. The number of benzene rings is 1. The van der Waals surface area contributed by atoms with Gasteiger partial charge in [-0.25, -0.2) is 4.79 Å². The first-order valence-electron chi connectivity index (χ1n) is 8.86. The Morgan fingerprint density at radius 1 is 1.36 bits per heavy atom. The lowest BCUT2D eigenvalue weighted by Crippen LogP contribution is -2.51. The maximum Gasteiger partial charge on any atom is 0.317 e. The highest BCUT2D eigenvalue weighted by molar-refractivity contribution is 5.74. The summed E-state index contributed by atoms with van der Waals surface area (Å²) in [5.41, 5.74) is 1.22. The average Bonchev–Trinajstić information content (AvgIpc) is 3.14. The minimum Gasteiger partial charge on any atom is -0.369 e. The molecule has 25 heavy (non-hydrogen) atoms. The van der Waals surface area contributed by atoms with E-state index in [4.69, 9.17) is 0 Å². The van der Waals surface area contributed by atoms with E-state index in [1.807, 2.05) is 29.5 Å². The molecule has 1 aromatic carbocycles. The van der Waals surface area contributed by atoms with Crippen molar-refractivity contribution in [1.82, 2.24) is 25.0 Å². The molecule has 7 nitrogen and oxygen atoms in total. The molecule has 2 amide bonds. The fourth-order valence-electron chi connectivity index (χ4n) is 3.27. The van der Waals surface area contributed by atoms with Gasteiger partial charge in [0.25, 0.3) is 0 Å². The quantitative estimate of drug-likeness (QED) is 0.904. The molecule has 7 heteroatoms. The predicted molar refractivity (Wildman–Crippen MR) is 97.4 cm³/mol. The number of urea groups is 1. The van der Waals surface area contributed by atoms with Gasteiger partial charge in [0, 0.05) is 32.4 Å². The smallest absolute Gasteiger partial charge is 0.317 e. The van der Waals surface area contributed by atoms with Gasteiger partial charge in [0.05, 0.1) is 12.6 Å². The van der Waals surface area contributed by atoms with Gasteiger partial charge in [-0.05, 0) is 31.9 Å². The van der Waals surface area contributed by atoms with E-state index in [1.165, 1.54) is 5.69 Å². The number of hydrogen-bond acceptors (Lipinski definition) is 4. The second-order valence-corrected chi connectivity index (χ2v) is 6.38. The first kappa shape index (κ1) is 17.3. The van der Waals surface area contributed by atoms with E-state index >= 15 is 0 Å². The SMILES string of the molecule is CCn1cnnc1CNC(=O)N(C)C1CCCN(c2ccccc2)C1. The number of amides is 2. The minimum atomic E-state index is -0.0643. The Bertz CT molecular complexity index is 686. The van der Waals surface area contributed by atoms with E-state index in [2.05, 4.69) is 44.7 Å². The summed E-state index contributed by atoms with van der Waals surface area (Å²) >= 11 is 0. The maximum atomic E-state index is 12.5. The van der Waals surface area contributed by atoms with E-state index in [0.29, 0.717) is 6.54 Å². The van der Waals surface area contributed by atoms with Gasteiger partial charge in [-0.3, -0.25) is 0 Å². The van der Waals surface area contributed by atoms with Crippen molar-refractivity contribution in [3.63, 3.8) is 0 Å². The molecular formula is C18H26N6O. The molecule has 0 saturated carbocycles. The lowest BCUT2D eigenvalue weighted by molar-refractivity contribution is 0.182. The molecule has 0 spiro atoms. The van der Waals surface area contributed by atoms with Crippen LogP contribution < -0.4 is 10.2 Å². The topological polar surface area (TPSA) is 66.3 Å². The van der Waals surface area contributed by atoms with Crippen LogP contribution in [-0.2, 0) is 13.1 Å². The molecule has 3 rings (SSSR count). The molecule has 0 radical (unpaired) electrons. The van der Waals surface area contributed by atoms with Gasteiger partial charge >= 0.3 is 6.03 Å². The third-order valence-corrected chi connectivity index (χ3v) is 4.82. The summed E-state index contributed by atoms with van der Waals surface area (Å²) in [6, 6.07) is 10.5. The number of aryl methyl sites for hydroxylation is 1. The van der Waals surface area contributed by atoms with Crippen LogP contribution >= 0.6 is 0 Å². The Balaban J connectivity index is 1.56. The summed E-state index contributed by atoms with van der Waals surface area (Å²) < 4.78 is 1.93. The first-order chi connectivity index (χ1) is 12.2. The summed E-state index contributed by atoms with van der Waals surface area (Å²) in [6.07, 6.45) is 3.80. The third kappa shape index (κ3) is 4.10. The number of rotatable bonds is 5. The average molecular weight is 342 g/mol. The van der Waals surface area contributed by atoms with Gasteiger partial charge in [-0.1, -0.05) is 18.2 Å². The van der Waals surface area contributed by atoms with Gasteiger partial charge in [0.1, 0.15) is 6.33 Å². The molecule has 0 aliphatic carbocycles. The van der Waals surface area contributed by atoms with Crippen LogP contribution in [0.25, 0.3) is 0 Å². The molecule has 1 atom stereocenters. The van der Waals surface area contributed by atoms with Crippen molar-refractivity contribution in [2.24, 2.45) is 0 Å². The van der Waals surface area contributed by atoms with Crippen LogP contribution in [0.15, 0.2) is 36.7 Å². The highest BCUT2D eigenvalue weighted by Crippen LogP contribution is 2.21. The summed E-state index contributed by atoms with van der Waals surface area (Å²) in [5.74, 6) is 0.777. The maximum absolute atomic E-state index is 12.5. The fourth-order valence-corrected chi connectivity index (χ4v) is 3.27. The Morgan fingerprint density at radius 3 is 2.92 bits per heavy atom. The van der Waals surface area contributed by atoms with E-state index < -0.39 is 0 Å². The van der Waals surface area contributed by atoms with Gasteiger partial charge in [0.15, 0.2) is 5.82 Å². The monoisotopic (exact) mass is 342 g/mol. The van der Waals surface area contributed by atoms with Crippen molar-refractivity contribution in [1.29, 1.82) is 0 Å². The summed E-state index contributed by atoms with van der Waals surface area (Å²) in [7, 11) is 1.87. The van der Waals surface area contributed by atoms with Gasteiger partial charge in [0.2, 0.25) is 0 Å². The molecule has 1 unspecified atom stereocenters. The van der Waals surface area contributed by atoms with Gasteiger partial charge < -0.3 is 19.7 Å². The normalized spacial score (nSPS) is 17.4. The van der Waals surface area contributed by atoms with Crippen LogP contribution in [0.2, 0.25) is 0 Å². The fraction of sp³-hybridized carbons (Fsp3) is 0.500. The van der Waals surface area contributed by atoms with Crippen molar-refractivity contribution in [3.8, 4) is 0 Å². The highest BCUT2D eigenvalue weighted by atomic mass is 16.2. The van der Waals surface area contributed by atoms with Crippen LogP contribution in [-0.4, -0.2) is 51.9 Å². The second-order valence-electron chi connectivity index (χ2n) is 6.38. The van der Waals surface area contributed by atoms with E-state index in [1.54, 1.807) is 6.33 Å². The third-order valence-electron chi connectivity index (χ3n) is 4.82. The molecular weight excluding hydrogens is 316 g/mol. The Labute approximate surface area is 148 Å². The molecule has 1 saturated heterocycles. The number of aromatic nitrogens is 3. The molecule has 0 bridgehead atoms. The summed E-state index contributed by atoms with van der Waals surface area (Å²) in [4.78, 5) is 16.7. The number of anilines is 1. The molecule has 1 fully saturated rings. The van der Waals surface area contributed by atoms with Crippen LogP contribution in [0.1, 0.15) is 25.6 Å². The van der Waals surface area contributed by atoms with Crippen molar-refractivity contribution >= 4 is 11.7 Å². The standard InChI is InChI=1S/C18H26N6O/c1-3-23-14-20-21-17(23)12-19-18(25)22(2)16-10-7-11-24(13-16)15-8-5-4-6-9-15/h4-6,8-9,14,16H,3,7,10-13H2,1-2H3,(H,19,25). The first-order valence-corrected chi connectivity index (χ1v) is 8.86. The lowest BCUT2D eigenvalue weighted by atomic mass is 10.0. The number of piperidine rings is 1. The number of carbonyl (C=O) groups excluding carboxylic acids is 1. The second kappa shape index (κ2) is 8.00. The van der Waals surface area contributed by atoms with E-state index in [0.717, 1.165) is 38.3 Å². The minimum absolute atomic E-state index is 0.0643. The molecule has 1 N–H and O–H groups in total. The van der Waals surface area contributed by atoms with E-state index in [-0.39, 0.29) is 12.1 Å². The van der Waals surface area contributed by atoms with Crippen LogP contribution in [0.4, 0.5) is 10.5 Å². The molecule has 134 valence electrons. The van der Waals surface area contributed by atoms with Crippen LogP contribution in [0, 0.1) is 0 Å². The zero-order valence-corrected chi connectivity index (χ0v) is 14.9. The van der Waals surface area contributed by atoms with Gasteiger partial charge in [-0.2, -0.15) is 0 Å². The molecule has 1 aromatic heterocycles. The summed E-state index contributed by atoms with van der Waals surface area (Å²) in [5, 5.41) is 10.9. The number of nitrogens with one attached hydrogen (secondary N) is 1. The highest BCUT2D eigenvalue weighted by Gasteiger charge is 2.26. The van der Waals surface area contributed by atoms with Crippen LogP contribution in [0.3, 0.4) is 0 Å². The van der Waals surface area contributed by atoms with E-state index in [9.17, 15) is 4.79 Å². The zero-order chi connectivity index (χ0) is 17.6. The summed E-state index contributed by atoms with van der Waals surface area (Å²) in [6.45, 7) is 5.12. The lowest BCUT2D eigenvalue weighted by Gasteiger charge is -2.38. The number of likely N-dealkylation sites (N-methyl/N-ethyl adjacent to an activating group) is 1. The Morgan fingerprint density at radius 2 is 2.16 bits per heavy atom. The van der Waals surface area contributed by atoms with Crippen molar-refractivity contribution < 1.29 is 4.79 Å². The zero-order valence-electron chi connectivity index (χ0n) is 14.9. The van der Waals surface area contributed by atoms with Crippen molar-refractivity contribution in [2.45, 2.75) is 38.9 Å². The van der Waals surface area contributed by atoms with Crippen molar-refractivity contribution in [2.75, 3.05) is 25.0 Å². The number of carbonyl (C=O) groups is 1. The Kier molecular flexibility index (Phi) is 5.53.